The lowest BCUT2D eigenvalue weighted by Gasteiger charge is -2.27. The van der Waals surface area contributed by atoms with E-state index >= 15 is 4.39 Å². The number of carboxylic acid groups (broad SMARTS) is 1. The van der Waals surface area contributed by atoms with Crippen LogP contribution in [0, 0.1) is 5.82 Å². The molecule has 0 aliphatic heterocycles. The minimum absolute atomic E-state index is 0.133. The highest BCUT2D eigenvalue weighted by Gasteiger charge is 2.25. The van der Waals surface area contributed by atoms with Crippen molar-refractivity contribution >= 4 is 29.4 Å². The van der Waals surface area contributed by atoms with E-state index in [1.54, 1.807) is 43.6 Å². The number of ether oxygens (including phenoxy) is 1. The topological polar surface area (TPSA) is 139 Å². The molecule has 1 aliphatic rings. The van der Waals surface area contributed by atoms with Gasteiger partial charge >= 0.3 is 6.09 Å². The van der Waals surface area contributed by atoms with Gasteiger partial charge in [0.15, 0.2) is 0 Å². The molecule has 1 atom stereocenters. The molecule has 38 heavy (non-hydrogen) atoms. The van der Waals surface area contributed by atoms with Crippen LogP contribution in [0.3, 0.4) is 0 Å². The second-order valence-corrected chi connectivity index (χ2v) is 9.64. The number of nitrogen functional groups attached to an aromatic ring is 1. The smallest absolute Gasteiger partial charge is 0.404 e. The van der Waals surface area contributed by atoms with Gasteiger partial charge in [-0.25, -0.2) is 19.2 Å². The Bertz CT molecular complexity index is 1320. The Balaban J connectivity index is 1.54. The highest BCUT2D eigenvalue weighted by molar-refractivity contribution is 6.30. The highest BCUT2D eigenvalue weighted by atomic mass is 35.5. The fourth-order valence-electron chi connectivity index (χ4n) is 4.66. The van der Waals surface area contributed by atoms with E-state index in [9.17, 15) is 9.59 Å². The molecular weight excluding hydrogens is 513 g/mol. The minimum atomic E-state index is -1.26. The summed E-state index contributed by atoms with van der Waals surface area (Å²) >= 11 is 6.06. The Morgan fingerprint density at radius 3 is 2.63 bits per heavy atom. The third-order valence-corrected chi connectivity index (χ3v) is 6.98. The van der Waals surface area contributed by atoms with Gasteiger partial charge in [0, 0.05) is 30.2 Å². The summed E-state index contributed by atoms with van der Waals surface area (Å²) in [5.74, 6) is -1.11. The Labute approximate surface area is 224 Å². The molecule has 0 saturated heterocycles. The van der Waals surface area contributed by atoms with E-state index < -0.39 is 23.9 Å². The summed E-state index contributed by atoms with van der Waals surface area (Å²) < 4.78 is 20.6. The number of nitrogens with two attached hydrogens (primary N) is 1. The van der Waals surface area contributed by atoms with Crippen molar-refractivity contribution in [2.45, 2.75) is 43.7 Å². The van der Waals surface area contributed by atoms with Crippen LogP contribution in [0.1, 0.15) is 59.3 Å². The first-order valence-corrected chi connectivity index (χ1v) is 12.6. The van der Waals surface area contributed by atoms with Crippen LogP contribution in [-0.4, -0.2) is 46.8 Å². The number of hydrogen-bond acceptors (Lipinski definition) is 6. The van der Waals surface area contributed by atoms with Crippen LogP contribution in [0.4, 0.5) is 15.0 Å². The summed E-state index contributed by atoms with van der Waals surface area (Å²) in [6, 6.07) is 9.96. The molecule has 1 aromatic heterocycles. The van der Waals surface area contributed by atoms with Crippen molar-refractivity contribution < 1.29 is 23.8 Å². The van der Waals surface area contributed by atoms with Crippen molar-refractivity contribution in [2.75, 3.05) is 19.4 Å². The Kier molecular flexibility index (Phi) is 8.75. The van der Waals surface area contributed by atoms with Crippen LogP contribution in [-0.2, 0) is 4.74 Å². The van der Waals surface area contributed by atoms with Crippen LogP contribution >= 0.6 is 11.6 Å². The zero-order valence-corrected chi connectivity index (χ0v) is 21.5. The van der Waals surface area contributed by atoms with Crippen molar-refractivity contribution in [3.8, 4) is 11.3 Å². The lowest BCUT2D eigenvalue weighted by molar-refractivity contribution is 0.0655. The average Bonchev–Trinajstić information content (AvgIpc) is 2.91. The first kappa shape index (κ1) is 27.3. The summed E-state index contributed by atoms with van der Waals surface area (Å²) in [5, 5.41) is 14.3. The van der Waals surface area contributed by atoms with Gasteiger partial charge in [-0.05, 0) is 55.5 Å². The third-order valence-electron chi connectivity index (χ3n) is 6.75. The van der Waals surface area contributed by atoms with Crippen molar-refractivity contribution in [3.05, 3.63) is 76.3 Å². The Morgan fingerprint density at radius 1 is 1.21 bits per heavy atom. The van der Waals surface area contributed by atoms with E-state index in [0.29, 0.717) is 21.8 Å². The second kappa shape index (κ2) is 12.2. The lowest BCUT2D eigenvalue weighted by Crippen LogP contribution is -2.37. The molecule has 3 aromatic rings. The minimum Gasteiger partial charge on any atom is -0.465 e. The molecule has 0 bridgehead atoms. The largest absolute Gasteiger partial charge is 0.465 e. The lowest BCUT2D eigenvalue weighted by atomic mass is 9.85. The summed E-state index contributed by atoms with van der Waals surface area (Å²) in [7, 11) is 1.72. The van der Waals surface area contributed by atoms with Crippen LogP contribution in [0.2, 0.25) is 5.02 Å². The van der Waals surface area contributed by atoms with Crippen LogP contribution < -0.4 is 16.4 Å². The van der Waals surface area contributed by atoms with Crippen molar-refractivity contribution in [1.29, 1.82) is 0 Å². The molecule has 1 heterocycles. The SMILES string of the molecule is COC1CCC(c2cnc(N)c(-c3ccc(C(=O)N[C@@H](CNC(=O)O)c4cccc(Cl)c4)c(F)c3)n2)CC1. The fourth-order valence-corrected chi connectivity index (χ4v) is 4.86. The zero-order chi connectivity index (χ0) is 27.2. The van der Waals surface area contributed by atoms with Crippen LogP contribution in [0.5, 0.6) is 0 Å². The number of rotatable bonds is 8. The third kappa shape index (κ3) is 6.56. The number of halogens is 2. The molecule has 4 rings (SSSR count). The molecule has 5 N–H and O–H groups in total. The predicted molar refractivity (Wildman–Crippen MR) is 142 cm³/mol. The molecule has 1 fully saturated rings. The molecule has 0 radical (unpaired) electrons. The monoisotopic (exact) mass is 541 g/mol. The van der Waals surface area contributed by atoms with E-state index in [2.05, 4.69) is 15.6 Å². The predicted octanol–water partition coefficient (Wildman–Crippen LogP) is 4.93. The maximum Gasteiger partial charge on any atom is 0.404 e. The average molecular weight is 542 g/mol. The first-order valence-electron chi connectivity index (χ1n) is 12.2. The van der Waals surface area contributed by atoms with E-state index in [4.69, 9.17) is 32.2 Å². The van der Waals surface area contributed by atoms with Gasteiger partial charge in [-0.15, -0.1) is 0 Å². The fraction of sp³-hybridized carbons (Fsp3) is 0.333. The molecule has 0 unspecified atom stereocenters. The highest BCUT2D eigenvalue weighted by Crippen LogP contribution is 2.34. The maximum absolute atomic E-state index is 15.2. The van der Waals surface area contributed by atoms with Gasteiger partial charge in [0.25, 0.3) is 5.91 Å². The van der Waals surface area contributed by atoms with E-state index in [1.807, 2.05) is 0 Å². The van der Waals surface area contributed by atoms with Crippen molar-refractivity contribution in [1.82, 2.24) is 20.6 Å². The molecule has 0 spiro atoms. The number of nitrogens with one attached hydrogen (secondary N) is 2. The number of hydrogen-bond donors (Lipinski definition) is 4. The van der Waals surface area contributed by atoms with Gasteiger partial charge in [-0.2, -0.15) is 0 Å². The number of carbonyl (C=O) groups excluding carboxylic acids is 1. The van der Waals surface area contributed by atoms with Crippen LogP contribution in [0.15, 0.2) is 48.7 Å². The van der Waals surface area contributed by atoms with Crippen LogP contribution in [0.25, 0.3) is 11.3 Å². The normalized spacial score (nSPS) is 18.0. The summed E-state index contributed by atoms with van der Waals surface area (Å²) in [6.45, 7) is -0.133. The number of methoxy groups -OCH3 is 1. The standard InChI is InChI=1S/C27H29ClFN5O4/c1-38-19-8-5-15(6-9-19)22-13-31-25(30)24(33-22)17-7-10-20(21(29)12-17)26(35)34-23(14-32-27(36)37)16-3-2-4-18(28)11-16/h2-4,7,10-13,15,19,23,32H,5-6,8-9,14H2,1H3,(H2,30,31)(H,34,35)(H,36,37)/t15?,19?,23-/m0/s1. The number of anilines is 1. The molecule has 1 aliphatic carbocycles. The molecule has 11 heteroatoms. The molecule has 2 amide bonds. The summed E-state index contributed by atoms with van der Waals surface area (Å²) in [6.07, 6.45) is 4.34. The number of benzene rings is 2. The van der Waals surface area contributed by atoms with Gasteiger partial charge in [0.1, 0.15) is 17.3 Å². The summed E-state index contributed by atoms with van der Waals surface area (Å²) in [5.41, 5.74) is 7.98. The van der Waals surface area contributed by atoms with E-state index in [0.717, 1.165) is 31.4 Å². The molecule has 200 valence electrons. The van der Waals surface area contributed by atoms with Crippen molar-refractivity contribution in [3.63, 3.8) is 0 Å². The van der Waals surface area contributed by atoms with Gasteiger partial charge in [0.2, 0.25) is 0 Å². The van der Waals surface area contributed by atoms with Crippen molar-refractivity contribution in [2.24, 2.45) is 0 Å². The van der Waals surface area contributed by atoms with Gasteiger partial charge < -0.3 is 26.2 Å². The molecule has 9 nitrogen and oxygen atoms in total. The first-order chi connectivity index (χ1) is 18.2. The van der Waals surface area contributed by atoms with E-state index in [1.165, 1.54) is 12.1 Å². The summed E-state index contributed by atoms with van der Waals surface area (Å²) in [4.78, 5) is 33.0. The Morgan fingerprint density at radius 2 is 1.97 bits per heavy atom. The molecular formula is C27H29ClFN5O4. The molecule has 1 saturated carbocycles. The number of amides is 2. The quantitative estimate of drug-likeness (QED) is 0.317. The van der Waals surface area contributed by atoms with Gasteiger partial charge in [0.05, 0.1) is 29.6 Å². The number of aromatic nitrogens is 2. The number of nitrogens with zero attached hydrogens (tertiary/aromatic N) is 2. The van der Waals surface area contributed by atoms with E-state index in [-0.39, 0.29) is 29.9 Å². The molecule has 2 aromatic carbocycles. The maximum atomic E-state index is 15.2. The van der Waals surface area contributed by atoms with Gasteiger partial charge in [-0.3, -0.25) is 4.79 Å². The number of carbonyl (C=O) groups is 2. The zero-order valence-electron chi connectivity index (χ0n) is 20.8. The Hall–Kier alpha value is -3.76. The van der Waals surface area contributed by atoms with Gasteiger partial charge in [-0.1, -0.05) is 29.8 Å². The second-order valence-electron chi connectivity index (χ2n) is 9.20.